The molecule has 192 valence electrons. The lowest BCUT2D eigenvalue weighted by Gasteiger charge is -2.56. The number of rotatable bonds is 6. The zero-order valence-corrected chi connectivity index (χ0v) is 21.5. The summed E-state index contributed by atoms with van der Waals surface area (Å²) in [4.78, 5) is 13.8. The average Bonchev–Trinajstić information content (AvgIpc) is 3.41. The predicted octanol–water partition coefficient (Wildman–Crippen LogP) is 3.19. The van der Waals surface area contributed by atoms with E-state index in [4.69, 9.17) is 10.4 Å². The largest absolute Gasteiger partial charge is 0.393 e. The van der Waals surface area contributed by atoms with E-state index in [2.05, 4.69) is 55.2 Å². The van der Waals surface area contributed by atoms with E-state index in [1.165, 1.54) is 12.6 Å². The molecule has 4 aromatic heterocycles. The Balaban J connectivity index is 1.22. The van der Waals surface area contributed by atoms with E-state index in [1.807, 2.05) is 30.6 Å². The molecule has 0 amide bonds. The number of nitrogens with zero attached hydrogens (tertiary/aromatic N) is 7. The smallest absolute Gasteiger partial charge is 0.128 e. The molecule has 4 aromatic rings. The second-order valence-electron chi connectivity index (χ2n) is 9.71. The van der Waals surface area contributed by atoms with E-state index < -0.39 is 0 Å². The quantitative estimate of drug-likeness (QED) is 0.301. The summed E-state index contributed by atoms with van der Waals surface area (Å²) in [6, 6.07) is 13.2. The van der Waals surface area contributed by atoms with Crippen LogP contribution in [0, 0.1) is 28.6 Å². The highest BCUT2D eigenvalue weighted by Crippen LogP contribution is 2.35. The van der Waals surface area contributed by atoms with Crippen LogP contribution in [0.1, 0.15) is 23.1 Å². The summed E-state index contributed by atoms with van der Waals surface area (Å²) in [5, 5.41) is 24.9. The number of nitriles is 1. The van der Waals surface area contributed by atoms with Crippen LogP contribution in [0.25, 0.3) is 22.2 Å². The number of hydrogen-bond acceptors (Lipinski definition) is 8. The van der Waals surface area contributed by atoms with Gasteiger partial charge in [-0.25, -0.2) is 9.50 Å². The van der Waals surface area contributed by atoms with Crippen molar-refractivity contribution in [1.29, 1.82) is 10.7 Å². The molecule has 2 bridgehead atoms. The topological polar surface area (TPSA) is 109 Å². The molecule has 0 radical (unpaired) electrons. The Hall–Kier alpha value is -4.99. The minimum Gasteiger partial charge on any atom is -0.393 e. The molecule has 7 heterocycles. The molecule has 0 aromatic carbocycles. The van der Waals surface area contributed by atoms with E-state index in [-0.39, 0.29) is 0 Å². The molecular formula is C30H27N9. The summed E-state index contributed by atoms with van der Waals surface area (Å²) in [5.74, 6) is 7.47. The molecule has 39 heavy (non-hydrogen) atoms. The van der Waals surface area contributed by atoms with E-state index in [0.29, 0.717) is 23.2 Å². The third kappa shape index (κ3) is 4.61. The van der Waals surface area contributed by atoms with Gasteiger partial charge in [-0.05, 0) is 36.8 Å². The van der Waals surface area contributed by atoms with Crippen LogP contribution in [0.5, 0.6) is 0 Å². The molecular weight excluding hydrogens is 486 g/mol. The summed E-state index contributed by atoms with van der Waals surface area (Å²) < 4.78 is 1.70. The molecule has 9 heteroatoms. The van der Waals surface area contributed by atoms with E-state index in [1.54, 1.807) is 36.4 Å². The van der Waals surface area contributed by atoms with Crippen molar-refractivity contribution in [2.24, 2.45) is 0 Å². The van der Waals surface area contributed by atoms with Crippen molar-refractivity contribution in [3.8, 4) is 29.0 Å². The SMILES string of the molecule is CN/C=C(\C=N)c1cc(-c2ccc(N3CC4CC(C3)N4CC#Cc3cccnc3)nc2)c2c(C#N)cnn2c1. The van der Waals surface area contributed by atoms with Gasteiger partial charge in [-0.2, -0.15) is 10.4 Å². The number of nitrogens with one attached hydrogen (secondary N) is 2. The second-order valence-corrected chi connectivity index (χ2v) is 9.71. The van der Waals surface area contributed by atoms with Crippen molar-refractivity contribution in [3.05, 3.63) is 84.2 Å². The fourth-order valence-corrected chi connectivity index (χ4v) is 5.48. The maximum Gasteiger partial charge on any atom is 0.128 e. The molecule has 3 aliphatic rings. The summed E-state index contributed by atoms with van der Waals surface area (Å²) in [6.07, 6.45) is 13.1. The summed E-state index contributed by atoms with van der Waals surface area (Å²) in [5.41, 5.74) is 5.45. The molecule has 7 rings (SSSR count). The van der Waals surface area contributed by atoms with Gasteiger partial charge in [0.2, 0.25) is 0 Å². The fourth-order valence-electron chi connectivity index (χ4n) is 5.48. The van der Waals surface area contributed by atoms with E-state index in [9.17, 15) is 5.26 Å². The Morgan fingerprint density at radius 2 is 2.08 bits per heavy atom. The van der Waals surface area contributed by atoms with E-state index >= 15 is 0 Å². The maximum absolute atomic E-state index is 9.68. The molecule has 2 unspecified atom stereocenters. The first-order valence-corrected chi connectivity index (χ1v) is 12.8. The number of allylic oxidation sites excluding steroid dienone is 1. The van der Waals surface area contributed by atoms with Gasteiger partial charge in [-0.3, -0.25) is 9.88 Å². The molecule has 3 saturated heterocycles. The van der Waals surface area contributed by atoms with Crippen molar-refractivity contribution in [3.63, 3.8) is 0 Å². The Morgan fingerprint density at radius 1 is 1.21 bits per heavy atom. The van der Waals surface area contributed by atoms with Crippen molar-refractivity contribution in [2.75, 3.05) is 31.6 Å². The minimum atomic E-state index is 0.480. The Morgan fingerprint density at radius 3 is 2.77 bits per heavy atom. The Kier molecular flexibility index (Phi) is 6.50. The highest BCUT2D eigenvalue weighted by atomic mass is 15.4. The van der Waals surface area contributed by atoms with Crippen molar-refractivity contribution < 1.29 is 0 Å². The molecule has 2 atom stereocenters. The van der Waals surface area contributed by atoms with Gasteiger partial charge in [0, 0.05) is 97.2 Å². The van der Waals surface area contributed by atoms with Crippen LogP contribution in [0.3, 0.4) is 0 Å². The Labute approximate surface area is 226 Å². The fraction of sp³-hybridized carbons (Fsp3) is 0.233. The zero-order chi connectivity index (χ0) is 26.8. The first kappa shape index (κ1) is 24.4. The molecule has 3 fully saturated rings. The van der Waals surface area contributed by atoms with Gasteiger partial charge in [0.1, 0.15) is 11.9 Å². The van der Waals surface area contributed by atoms with Crippen molar-refractivity contribution >= 4 is 23.1 Å². The van der Waals surface area contributed by atoms with E-state index in [0.717, 1.165) is 53.2 Å². The number of piperidine rings is 1. The number of anilines is 1. The van der Waals surface area contributed by atoms with Crippen LogP contribution in [0.4, 0.5) is 5.82 Å². The second kappa shape index (κ2) is 10.4. The van der Waals surface area contributed by atoms with Crippen LogP contribution in [0.15, 0.2) is 67.5 Å². The molecule has 3 aliphatic heterocycles. The lowest BCUT2D eigenvalue weighted by atomic mass is 9.87. The normalized spacial score (nSPS) is 18.6. The van der Waals surface area contributed by atoms with Gasteiger partial charge < -0.3 is 15.6 Å². The number of aromatic nitrogens is 4. The van der Waals surface area contributed by atoms with Gasteiger partial charge in [0.25, 0.3) is 0 Å². The molecule has 0 saturated carbocycles. The minimum absolute atomic E-state index is 0.480. The third-order valence-electron chi connectivity index (χ3n) is 7.40. The standard InChI is InChI=1S/C30H27N9/c1-33-15-24(12-31)23-10-28(30-25(13-32)17-36-39(30)18-23)22-6-7-29(35-16-22)37-19-26-11-27(20-37)38(26)9-3-5-21-4-2-8-34-14-21/h2,4,6-8,10,12,14-18,26-27,31,33H,9,11,19-20H2,1H3/b24-15+,31-12?. The van der Waals surface area contributed by atoms with Crippen LogP contribution in [0.2, 0.25) is 0 Å². The zero-order valence-electron chi connectivity index (χ0n) is 21.5. The van der Waals surface area contributed by atoms with Gasteiger partial charge in [0.05, 0.1) is 23.8 Å². The lowest BCUT2D eigenvalue weighted by Crippen LogP contribution is -2.68. The van der Waals surface area contributed by atoms with Crippen molar-refractivity contribution in [2.45, 2.75) is 18.5 Å². The van der Waals surface area contributed by atoms with Crippen LogP contribution < -0.4 is 10.2 Å². The Bertz CT molecular complexity index is 1640. The highest BCUT2D eigenvalue weighted by molar-refractivity contribution is 6.08. The first-order chi connectivity index (χ1) is 19.2. The maximum atomic E-state index is 9.68. The summed E-state index contributed by atoms with van der Waals surface area (Å²) >= 11 is 0. The number of fused-ring (bicyclic) bond motifs is 3. The van der Waals surface area contributed by atoms with Gasteiger partial charge in [-0.15, -0.1) is 0 Å². The summed E-state index contributed by atoms with van der Waals surface area (Å²) in [7, 11) is 1.80. The van der Waals surface area contributed by atoms with Gasteiger partial charge >= 0.3 is 0 Å². The number of piperazine rings is 1. The summed E-state index contributed by atoms with van der Waals surface area (Å²) in [6.45, 7) is 2.62. The van der Waals surface area contributed by atoms with Crippen LogP contribution in [-0.4, -0.2) is 69.5 Å². The lowest BCUT2D eigenvalue weighted by molar-refractivity contribution is 0.0125. The predicted molar refractivity (Wildman–Crippen MR) is 151 cm³/mol. The average molecular weight is 514 g/mol. The molecule has 2 N–H and O–H groups in total. The molecule has 0 aliphatic carbocycles. The number of hydrogen-bond donors (Lipinski definition) is 2. The van der Waals surface area contributed by atoms with Gasteiger partial charge in [0.15, 0.2) is 0 Å². The first-order valence-electron chi connectivity index (χ1n) is 12.8. The molecule has 0 spiro atoms. The highest BCUT2D eigenvalue weighted by Gasteiger charge is 2.44. The molecule has 9 nitrogen and oxygen atoms in total. The van der Waals surface area contributed by atoms with Crippen LogP contribution in [-0.2, 0) is 0 Å². The third-order valence-corrected chi connectivity index (χ3v) is 7.40. The van der Waals surface area contributed by atoms with Crippen molar-refractivity contribution in [1.82, 2.24) is 29.8 Å². The monoisotopic (exact) mass is 513 g/mol. The van der Waals surface area contributed by atoms with Crippen LogP contribution >= 0.6 is 0 Å². The van der Waals surface area contributed by atoms with Gasteiger partial charge in [-0.1, -0.05) is 11.8 Å². The number of pyridine rings is 3.